The SMILES string of the molecule is CN(C(=O)c1cnc(-c2ccccc2)s1)C1CCNCC1.Cl.Cl. The van der Waals surface area contributed by atoms with Gasteiger partial charge in [-0.05, 0) is 25.9 Å². The van der Waals surface area contributed by atoms with E-state index in [1.54, 1.807) is 6.20 Å². The number of thiazole rings is 1. The summed E-state index contributed by atoms with van der Waals surface area (Å²) in [6.45, 7) is 1.97. The van der Waals surface area contributed by atoms with Crippen LogP contribution in [-0.4, -0.2) is 42.0 Å². The Labute approximate surface area is 153 Å². The molecule has 2 heterocycles. The molecule has 0 unspecified atom stereocenters. The normalized spacial score (nSPS) is 14.5. The van der Waals surface area contributed by atoms with Gasteiger partial charge in [0.1, 0.15) is 9.88 Å². The molecule has 1 amide bonds. The van der Waals surface area contributed by atoms with Gasteiger partial charge in [-0.2, -0.15) is 0 Å². The van der Waals surface area contributed by atoms with Crippen LogP contribution in [0.3, 0.4) is 0 Å². The minimum Gasteiger partial charge on any atom is -0.338 e. The van der Waals surface area contributed by atoms with Crippen LogP contribution >= 0.6 is 36.2 Å². The first-order valence-electron chi connectivity index (χ1n) is 7.25. The fraction of sp³-hybridized carbons (Fsp3) is 0.375. The van der Waals surface area contributed by atoms with Crippen molar-refractivity contribution in [3.63, 3.8) is 0 Å². The molecule has 0 atom stereocenters. The van der Waals surface area contributed by atoms with Gasteiger partial charge < -0.3 is 10.2 Å². The molecule has 0 saturated carbocycles. The number of carbonyl (C=O) groups excluding carboxylic acids is 1. The number of piperidine rings is 1. The van der Waals surface area contributed by atoms with Crippen molar-refractivity contribution >= 4 is 42.1 Å². The summed E-state index contributed by atoms with van der Waals surface area (Å²) in [4.78, 5) is 19.6. The molecule has 0 aliphatic carbocycles. The van der Waals surface area contributed by atoms with Gasteiger partial charge in [-0.15, -0.1) is 36.2 Å². The van der Waals surface area contributed by atoms with Crippen LogP contribution in [0.5, 0.6) is 0 Å². The lowest BCUT2D eigenvalue weighted by Gasteiger charge is -2.31. The molecule has 126 valence electrons. The molecule has 0 radical (unpaired) electrons. The minimum atomic E-state index is 0. The summed E-state index contributed by atoms with van der Waals surface area (Å²) in [6, 6.07) is 10.3. The van der Waals surface area contributed by atoms with E-state index < -0.39 is 0 Å². The van der Waals surface area contributed by atoms with E-state index in [0.29, 0.717) is 6.04 Å². The molecule has 3 rings (SSSR count). The Morgan fingerprint density at radius 2 is 1.87 bits per heavy atom. The van der Waals surface area contributed by atoms with E-state index >= 15 is 0 Å². The number of nitrogens with one attached hydrogen (secondary N) is 1. The highest BCUT2D eigenvalue weighted by Gasteiger charge is 2.24. The van der Waals surface area contributed by atoms with E-state index in [4.69, 9.17) is 0 Å². The molecule has 7 heteroatoms. The van der Waals surface area contributed by atoms with Crippen LogP contribution in [-0.2, 0) is 0 Å². The summed E-state index contributed by atoms with van der Waals surface area (Å²) in [6.07, 6.45) is 3.74. The first-order chi connectivity index (χ1) is 10.3. The number of rotatable bonds is 3. The van der Waals surface area contributed by atoms with Crippen LogP contribution in [0.1, 0.15) is 22.5 Å². The van der Waals surface area contributed by atoms with Crippen molar-refractivity contribution in [1.29, 1.82) is 0 Å². The number of amides is 1. The van der Waals surface area contributed by atoms with Crippen LogP contribution in [0.2, 0.25) is 0 Å². The van der Waals surface area contributed by atoms with Crippen molar-refractivity contribution < 1.29 is 4.79 Å². The zero-order chi connectivity index (χ0) is 14.7. The Morgan fingerprint density at radius 1 is 1.22 bits per heavy atom. The molecule has 1 aromatic carbocycles. The second-order valence-electron chi connectivity index (χ2n) is 5.29. The largest absolute Gasteiger partial charge is 0.338 e. The molecule has 1 fully saturated rings. The Hall–Kier alpha value is -1.14. The third kappa shape index (κ3) is 4.67. The number of carbonyl (C=O) groups is 1. The maximum absolute atomic E-state index is 12.6. The first kappa shape index (κ1) is 19.9. The molecule has 1 saturated heterocycles. The number of hydrogen-bond donors (Lipinski definition) is 1. The molecule has 0 bridgehead atoms. The lowest BCUT2D eigenvalue weighted by molar-refractivity contribution is 0.0708. The lowest BCUT2D eigenvalue weighted by Crippen LogP contribution is -2.43. The minimum absolute atomic E-state index is 0. The number of benzene rings is 1. The highest BCUT2D eigenvalue weighted by molar-refractivity contribution is 7.16. The third-order valence-corrected chi connectivity index (χ3v) is 4.95. The summed E-state index contributed by atoms with van der Waals surface area (Å²) < 4.78 is 0. The van der Waals surface area contributed by atoms with Crippen molar-refractivity contribution in [1.82, 2.24) is 15.2 Å². The van der Waals surface area contributed by atoms with Crippen molar-refractivity contribution in [2.45, 2.75) is 18.9 Å². The summed E-state index contributed by atoms with van der Waals surface area (Å²) >= 11 is 1.47. The zero-order valence-corrected chi connectivity index (χ0v) is 15.3. The fourth-order valence-corrected chi connectivity index (χ4v) is 3.53. The van der Waals surface area contributed by atoms with Gasteiger partial charge in [0, 0.05) is 18.7 Å². The van der Waals surface area contributed by atoms with Crippen LogP contribution in [0.15, 0.2) is 36.5 Å². The van der Waals surface area contributed by atoms with Crippen LogP contribution in [0, 0.1) is 0 Å². The maximum atomic E-state index is 12.6. The molecule has 1 aromatic heterocycles. The van der Waals surface area contributed by atoms with E-state index in [-0.39, 0.29) is 30.7 Å². The van der Waals surface area contributed by atoms with Crippen LogP contribution in [0.25, 0.3) is 10.6 Å². The lowest BCUT2D eigenvalue weighted by atomic mass is 10.1. The average Bonchev–Trinajstić information content (AvgIpc) is 3.05. The highest BCUT2D eigenvalue weighted by atomic mass is 35.5. The third-order valence-electron chi connectivity index (χ3n) is 3.91. The summed E-state index contributed by atoms with van der Waals surface area (Å²) in [5.74, 6) is 0.0848. The van der Waals surface area contributed by atoms with Gasteiger partial charge in [-0.1, -0.05) is 30.3 Å². The van der Waals surface area contributed by atoms with Crippen LogP contribution in [0.4, 0.5) is 0 Å². The predicted molar refractivity (Wildman–Crippen MR) is 100 cm³/mol. The monoisotopic (exact) mass is 373 g/mol. The molecular weight excluding hydrogens is 353 g/mol. The topological polar surface area (TPSA) is 45.2 Å². The molecule has 23 heavy (non-hydrogen) atoms. The van der Waals surface area contributed by atoms with Gasteiger partial charge in [0.15, 0.2) is 0 Å². The maximum Gasteiger partial charge on any atom is 0.265 e. The smallest absolute Gasteiger partial charge is 0.265 e. The number of aromatic nitrogens is 1. The van der Waals surface area contributed by atoms with E-state index in [0.717, 1.165) is 41.4 Å². The fourth-order valence-electron chi connectivity index (χ4n) is 2.62. The Balaban J connectivity index is 0.00000132. The van der Waals surface area contributed by atoms with Crippen molar-refractivity contribution in [3.05, 3.63) is 41.4 Å². The van der Waals surface area contributed by atoms with Gasteiger partial charge in [-0.25, -0.2) is 4.98 Å². The second-order valence-corrected chi connectivity index (χ2v) is 6.32. The van der Waals surface area contributed by atoms with Crippen molar-refractivity contribution in [2.24, 2.45) is 0 Å². The van der Waals surface area contributed by atoms with E-state index in [1.807, 2.05) is 42.3 Å². The molecular formula is C16H21Cl2N3OS. The summed E-state index contributed by atoms with van der Waals surface area (Å²) in [5, 5.41) is 4.23. The number of hydrogen-bond acceptors (Lipinski definition) is 4. The molecule has 1 N–H and O–H groups in total. The zero-order valence-electron chi connectivity index (χ0n) is 12.9. The van der Waals surface area contributed by atoms with Gasteiger partial charge in [-0.3, -0.25) is 4.79 Å². The molecule has 1 aliphatic rings. The Bertz CT molecular complexity index is 615. The van der Waals surface area contributed by atoms with Gasteiger partial charge >= 0.3 is 0 Å². The quantitative estimate of drug-likeness (QED) is 0.895. The van der Waals surface area contributed by atoms with Gasteiger partial charge in [0.2, 0.25) is 0 Å². The van der Waals surface area contributed by atoms with E-state index in [2.05, 4.69) is 10.3 Å². The first-order valence-corrected chi connectivity index (χ1v) is 8.06. The molecule has 0 spiro atoms. The summed E-state index contributed by atoms with van der Waals surface area (Å²) in [5.41, 5.74) is 1.06. The Morgan fingerprint density at radius 3 is 2.52 bits per heavy atom. The van der Waals surface area contributed by atoms with E-state index in [1.165, 1.54) is 11.3 Å². The van der Waals surface area contributed by atoms with Gasteiger partial charge in [0.05, 0.1) is 6.20 Å². The summed E-state index contributed by atoms with van der Waals surface area (Å²) in [7, 11) is 1.90. The van der Waals surface area contributed by atoms with Gasteiger partial charge in [0.25, 0.3) is 5.91 Å². The number of halogens is 2. The van der Waals surface area contributed by atoms with Crippen molar-refractivity contribution in [2.75, 3.05) is 20.1 Å². The highest BCUT2D eigenvalue weighted by Crippen LogP contribution is 2.26. The molecule has 1 aliphatic heterocycles. The van der Waals surface area contributed by atoms with Crippen molar-refractivity contribution in [3.8, 4) is 10.6 Å². The predicted octanol–water partition coefficient (Wildman–Crippen LogP) is 3.48. The standard InChI is InChI=1S/C16H19N3OS.2ClH/c1-19(13-7-9-17-10-8-13)16(20)14-11-18-15(21-14)12-5-3-2-4-6-12;;/h2-6,11,13,17H,7-10H2,1H3;2*1H. The van der Waals surface area contributed by atoms with Crippen LogP contribution < -0.4 is 5.32 Å². The van der Waals surface area contributed by atoms with E-state index in [9.17, 15) is 4.79 Å². The second kappa shape index (κ2) is 9.23. The molecule has 2 aromatic rings. The average molecular weight is 374 g/mol. The number of nitrogens with zero attached hydrogens (tertiary/aromatic N) is 2. The Kier molecular flexibility index (Phi) is 7.99. The molecule has 4 nitrogen and oxygen atoms in total.